The van der Waals surface area contributed by atoms with Crippen LogP contribution in [0.1, 0.15) is 57.8 Å². The Morgan fingerprint density at radius 3 is 2.60 bits per heavy atom. The molecule has 3 rings (SSSR count). The number of aliphatic hydroxyl groups is 1. The van der Waals surface area contributed by atoms with Crippen LogP contribution in [0.2, 0.25) is 0 Å². The van der Waals surface area contributed by atoms with Crippen LogP contribution in [0.3, 0.4) is 0 Å². The number of nitrogens with two attached hydrogens (primary N) is 1. The highest BCUT2D eigenvalue weighted by atomic mass is 16.5. The van der Waals surface area contributed by atoms with Gasteiger partial charge in [0.2, 0.25) is 0 Å². The van der Waals surface area contributed by atoms with E-state index in [2.05, 4.69) is 5.32 Å². The van der Waals surface area contributed by atoms with Crippen LogP contribution in [0.25, 0.3) is 0 Å². The third-order valence-corrected chi connectivity index (χ3v) is 6.01. The summed E-state index contributed by atoms with van der Waals surface area (Å²) in [4.78, 5) is 0. The van der Waals surface area contributed by atoms with E-state index in [9.17, 15) is 0 Å². The third-order valence-electron chi connectivity index (χ3n) is 6.01. The molecule has 0 aromatic heterocycles. The van der Waals surface area contributed by atoms with Crippen molar-refractivity contribution in [3.63, 3.8) is 0 Å². The van der Waals surface area contributed by atoms with Crippen molar-refractivity contribution in [3.8, 4) is 0 Å². The molecule has 2 aliphatic carbocycles. The van der Waals surface area contributed by atoms with Gasteiger partial charge in [-0.25, -0.2) is 0 Å². The van der Waals surface area contributed by atoms with E-state index >= 15 is 0 Å². The largest absolute Gasteiger partial charge is 0.396 e. The Morgan fingerprint density at radius 1 is 1.25 bits per heavy atom. The maximum absolute atomic E-state index is 9.03. The highest BCUT2D eigenvalue weighted by Gasteiger charge is 2.52. The first-order valence-corrected chi connectivity index (χ1v) is 8.42. The maximum Gasteiger partial charge on any atom is 0.0851 e. The average molecular weight is 282 g/mol. The molecule has 116 valence electrons. The molecule has 4 N–H and O–H groups in total. The molecule has 1 aliphatic heterocycles. The molecule has 3 atom stereocenters. The van der Waals surface area contributed by atoms with E-state index in [1.165, 1.54) is 44.9 Å². The number of nitrogens with one attached hydrogen (secondary N) is 1. The van der Waals surface area contributed by atoms with Crippen molar-refractivity contribution in [2.75, 3.05) is 19.8 Å². The Morgan fingerprint density at radius 2 is 2.10 bits per heavy atom. The van der Waals surface area contributed by atoms with Gasteiger partial charge in [0.25, 0.3) is 0 Å². The molecule has 1 heterocycles. The lowest BCUT2D eigenvalue weighted by molar-refractivity contribution is -0.0873. The summed E-state index contributed by atoms with van der Waals surface area (Å²) in [6, 6.07) is 0.758. The molecular formula is C16H30N2O2. The van der Waals surface area contributed by atoms with Crippen LogP contribution < -0.4 is 11.1 Å². The fourth-order valence-electron chi connectivity index (χ4n) is 4.42. The molecule has 0 radical (unpaired) electrons. The highest BCUT2D eigenvalue weighted by molar-refractivity contribution is 5.07. The fourth-order valence-corrected chi connectivity index (χ4v) is 4.42. The van der Waals surface area contributed by atoms with E-state index in [1.54, 1.807) is 0 Å². The normalized spacial score (nSPS) is 38.7. The highest BCUT2D eigenvalue weighted by Crippen LogP contribution is 2.48. The summed E-state index contributed by atoms with van der Waals surface area (Å²) >= 11 is 0. The fraction of sp³-hybridized carbons (Fsp3) is 1.00. The maximum atomic E-state index is 9.03. The first-order chi connectivity index (χ1) is 9.68. The molecule has 3 fully saturated rings. The van der Waals surface area contributed by atoms with Crippen molar-refractivity contribution in [2.45, 2.75) is 75.5 Å². The van der Waals surface area contributed by atoms with Crippen LogP contribution in [-0.4, -0.2) is 42.5 Å². The van der Waals surface area contributed by atoms with E-state index in [-0.39, 0.29) is 11.6 Å². The minimum absolute atomic E-state index is 0.0668. The lowest BCUT2D eigenvalue weighted by atomic mass is 9.64. The molecule has 2 saturated carbocycles. The number of rotatable bonds is 7. The van der Waals surface area contributed by atoms with Gasteiger partial charge in [-0.2, -0.15) is 0 Å². The Bertz CT molecular complexity index is 332. The predicted octanol–water partition coefficient (Wildman–Crippen LogP) is 1.56. The van der Waals surface area contributed by atoms with Crippen LogP contribution in [0.5, 0.6) is 0 Å². The van der Waals surface area contributed by atoms with Gasteiger partial charge >= 0.3 is 0 Å². The van der Waals surface area contributed by atoms with Crippen molar-refractivity contribution in [1.82, 2.24) is 5.32 Å². The van der Waals surface area contributed by atoms with Crippen LogP contribution in [0.4, 0.5) is 0 Å². The average Bonchev–Trinajstić information content (AvgIpc) is 2.79. The molecule has 1 saturated heterocycles. The first-order valence-electron chi connectivity index (χ1n) is 8.42. The van der Waals surface area contributed by atoms with Gasteiger partial charge in [0, 0.05) is 18.7 Å². The van der Waals surface area contributed by atoms with E-state index in [0.717, 1.165) is 26.0 Å². The number of ether oxygens (including phenoxy) is 1. The van der Waals surface area contributed by atoms with E-state index in [0.29, 0.717) is 18.1 Å². The molecule has 20 heavy (non-hydrogen) atoms. The van der Waals surface area contributed by atoms with E-state index < -0.39 is 0 Å². The van der Waals surface area contributed by atoms with Crippen LogP contribution >= 0.6 is 0 Å². The minimum Gasteiger partial charge on any atom is -0.396 e. The van der Waals surface area contributed by atoms with E-state index in [4.69, 9.17) is 15.6 Å². The molecular weight excluding hydrogens is 252 g/mol. The predicted molar refractivity (Wildman–Crippen MR) is 79.5 cm³/mol. The quantitative estimate of drug-likeness (QED) is 0.663. The SMILES string of the molecule is NC1COC2(CCC2NCCC2(CCCO)CCC2)C1. The van der Waals surface area contributed by atoms with Crippen molar-refractivity contribution in [3.05, 3.63) is 0 Å². The molecule has 0 bridgehead atoms. The van der Waals surface area contributed by atoms with Gasteiger partial charge in [0.1, 0.15) is 0 Å². The van der Waals surface area contributed by atoms with Gasteiger partial charge in [-0.15, -0.1) is 0 Å². The smallest absolute Gasteiger partial charge is 0.0851 e. The summed E-state index contributed by atoms with van der Waals surface area (Å²) in [7, 11) is 0. The van der Waals surface area contributed by atoms with Crippen LogP contribution in [-0.2, 0) is 4.74 Å². The Kier molecular flexibility index (Phi) is 4.37. The zero-order chi connectivity index (χ0) is 14.1. The molecule has 0 amide bonds. The zero-order valence-electron chi connectivity index (χ0n) is 12.6. The van der Waals surface area contributed by atoms with E-state index in [1.807, 2.05) is 0 Å². The number of hydrogen-bond donors (Lipinski definition) is 3. The van der Waals surface area contributed by atoms with Gasteiger partial charge < -0.3 is 20.9 Å². The number of aliphatic hydroxyl groups excluding tert-OH is 1. The van der Waals surface area contributed by atoms with Gasteiger partial charge in [-0.3, -0.25) is 0 Å². The summed E-state index contributed by atoms with van der Waals surface area (Å²) in [6.07, 6.45) is 10.9. The Hall–Kier alpha value is -0.160. The molecule has 4 heteroatoms. The second kappa shape index (κ2) is 5.91. The molecule has 0 aromatic carbocycles. The molecule has 1 spiro atoms. The zero-order valence-corrected chi connectivity index (χ0v) is 12.6. The van der Waals surface area contributed by atoms with Gasteiger partial charge in [0.05, 0.1) is 12.2 Å². The van der Waals surface area contributed by atoms with Crippen molar-refractivity contribution >= 4 is 0 Å². The van der Waals surface area contributed by atoms with Crippen molar-refractivity contribution in [1.29, 1.82) is 0 Å². The lowest BCUT2D eigenvalue weighted by Gasteiger charge is -2.48. The van der Waals surface area contributed by atoms with Gasteiger partial charge in [-0.1, -0.05) is 6.42 Å². The molecule has 3 aliphatic rings. The minimum atomic E-state index is 0.0668. The Balaban J connectivity index is 1.41. The lowest BCUT2D eigenvalue weighted by Crippen LogP contribution is -2.59. The van der Waals surface area contributed by atoms with Gasteiger partial charge in [-0.05, 0) is 63.3 Å². The van der Waals surface area contributed by atoms with Crippen LogP contribution in [0.15, 0.2) is 0 Å². The second-order valence-electron chi connectivity index (χ2n) is 7.32. The van der Waals surface area contributed by atoms with Crippen molar-refractivity contribution in [2.24, 2.45) is 11.1 Å². The van der Waals surface area contributed by atoms with Crippen LogP contribution in [0, 0.1) is 5.41 Å². The monoisotopic (exact) mass is 282 g/mol. The second-order valence-corrected chi connectivity index (χ2v) is 7.32. The standard InChI is InChI=1S/C16H30N2O2/c17-13-11-16(20-12-13)7-3-14(16)18-9-8-15(4-1-5-15)6-2-10-19/h13-14,18-19H,1-12,17H2. The first kappa shape index (κ1) is 14.8. The summed E-state index contributed by atoms with van der Waals surface area (Å²) < 4.78 is 5.97. The third kappa shape index (κ3) is 2.76. The van der Waals surface area contributed by atoms with Crippen molar-refractivity contribution < 1.29 is 9.84 Å². The summed E-state index contributed by atoms with van der Waals surface area (Å²) in [6.45, 7) is 2.17. The topological polar surface area (TPSA) is 67.5 Å². The molecule has 4 nitrogen and oxygen atoms in total. The molecule has 3 unspecified atom stereocenters. The molecule has 0 aromatic rings. The summed E-state index contributed by atoms with van der Waals surface area (Å²) in [5, 5.41) is 12.8. The summed E-state index contributed by atoms with van der Waals surface area (Å²) in [5.74, 6) is 0. The number of hydrogen-bond acceptors (Lipinski definition) is 4. The van der Waals surface area contributed by atoms with Gasteiger partial charge in [0.15, 0.2) is 0 Å². The Labute approximate surface area is 122 Å². The summed E-state index contributed by atoms with van der Waals surface area (Å²) in [5.41, 5.74) is 6.58.